The molecule has 0 aliphatic rings. The van der Waals surface area contributed by atoms with Crippen molar-refractivity contribution in [2.24, 2.45) is 0 Å². The fourth-order valence-corrected chi connectivity index (χ4v) is 3.39. The molecule has 0 fully saturated rings. The number of amides is 1. The summed E-state index contributed by atoms with van der Waals surface area (Å²) in [5.74, 6) is 0.489. The summed E-state index contributed by atoms with van der Waals surface area (Å²) in [6.45, 7) is 4.14. The summed E-state index contributed by atoms with van der Waals surface area (Å²) in [6, 6.07) is 9.35. The Balaban J connectivity index is 2.05. The summed E-state index contributed by atoms with van der Waals surface area (Å²) in [5.41, 5.74) is 0.474. The fraction of sp³-hybridized carbons (Fsp3) is 0.389. The SMILES string of the molecule is CCC(C)NC(=O)CCn1c(=O)c2ccccc2n2c(SCC#N)nnc12. The summed E-state index contributed by atoms with van der Waals surface area (Å²) in [4.78, 5) is 25.1. The molecule has 0 spiro atoms. The van der Waals surface area contributed by atoms with Gasteiger partial charge in [0.15, 0.2) is 5.16 Å². The molecule has 0 saturated heterocycles. The van der Waals surface area contributed by atoms with Gasteiger partial charge < -0.3 is 5.32 Å². The van der Waals surface area contributed by atoms with E-state index in [1.165, 1.54) is 16.3 Å². The maximum Gasteiger partial charge on any atom is 0.262 e. The van der Waals surface area contributed by atoms with Gasteiger partial charge >= 0.3 is 0 Å². The molecule has 8 nitrogen and oxygen atoms in total. The van der Waals surface area contributed by atoms with Crippen LogP contribution in [0.5, 0.6) is 0 Å². The number of rotatable bonds is 7. The van der Waals surface area contributed by atoms with E-state index in [2.05, 4.69) is 21.6 Å². The van der Waals surface area contributed by atoms with E-state index in [4.69, 9.17) is 5.26 Å². The Morgan fingerprint density at radius 1 is 1.37 bits per heavy atom. The van der Waals surface area contributed by atoms with Crippen molar-refractivity contribution < 1.29 is 4.79 Å². The number of nitrogens with one attached hydrogen (secondary N) is 1. The van der Waals surface area contributed by atoms with Crippen LogP contribution in [-0.2, 0) is 11.3 Å². The molecule has 3 aromatic rings. The lowest BCUT2D eigenvalue weighted by Gasteiger charge is -2.13. The number of thioether (sulfide) groups is 1. The second kappa shape index (κ2) is 8.22. The third-order valence-electron chi connectivity index (χ3n) is 4.33. The van der Waals surface area contributed by atoms with Gasteiger partial charge in [-0.2, -0.15) is 5.26 Å². The number of nitriles is 1. The van der Waals surface area contributed by atoms with Gasteiger partial charge in [0.25, 0.3) is 5.56 Å². The maximum atomic E-state index is 12.9. The predicted molar refractivity (Wildman–Crippen MR) is 104 cm³/mol. The van der Waals surface area contributed by atoms with Gasteiger partial charge in [-0.1, -0.05) is 30.8 Å². The minimum atomic E-state index is -0.210. The van der Waals surface area contributed by atoms with Crippen LogP contribution in [0, 0.1) is 11.3 Å². The summed E-state index contributed by atoms with van der Waals surface area (Å²) < 4.78 is 3.24. The summed E-state index contributed by atoms with van der Waals surface area (Å²) in [6.07, 6.45) is 1.02. The summed E-state index contributed by atoms with van der Waals surface area (Å²) >= 11 is 1.26. The number of hydrogen-bond donors (Lipinski definition) is 1. The maximum absolute atomic E-state index is 12.9. The monoisotopic (exact) mass is 384 g/mol. The van der Waals surface area contributed by atoms with Crippen LogP contribution >= 0.6 is 11.8 Å². The van der Waals surface area contributed by atoms with Gasteiger partial charge in [0.1, 0.15) is 0 Å². The minimum Gasteiger partial charge on any atom is -0.354 e. The molecule has 3 rings (SSSR count). The zero-order valence-corrected chi connectivity index (χ0v) is 16.0. The standard InChI is InChI=1S/C18H20N6O2S/c1-3-12(2)20-15(25)8-10-23-16(26)13-6-4-5-7-14(13)24-17(23)21-22-18(24)27-11-9-19/h4-7,12H,3,8,10-11H2,1-2H3,(H,20,25). The molecule has 0 aliphatic carbocycles. The lowest BCUT2D eigenvalue weighted by Crippen LogP contribution is -2.33. The van der Waals surface area contributed by atoms with Gasteiger partial charge in [-0.15, -0.1) is 10.2 Å². The van der Waals surface area contributed by atoms with Crippen LogP contribution in [0.4, 0.5) is 0 Å². The molecule has 9 heteroatoms. The first kappa shape index (κ1) is 18.9. The van der Waals surface area contributed by atoms with Crippen molar-refractivity contribution in [1.29, 1.82) is 5.26 Å². The molecule has 2 aromatic heterocycles. The lowest BCUT2D eigenvalue weighted by molar-refractivity contribution is -0.121. The Kier molecular flexibility index (Phi) is 5.76. The molecule has 1 atom stereocenters. The molecule has 27 heavy (non-hydrogen) atoms. The molecule has 0 aliphatic heterocycles. The number of nitrogens with zero attached hydrogens (tertiary/aromatic N) is 5. The van der Waals surface area contributed by atoms with E-state index >= 15 is 0 Å². The molecule has 0 radical (unpaired) electrons. The average Bonchev–Trinajstić information content (AvgIpc) is 3.10. The molecule has 2 heterocycles. The Morgan fingerprint density at radius 2 is 2.15 bits per heavy atom. The van der Waals surface area contributed by atoms with Crippen molar-refractivity contribution in [1.82, 2.24) is 24.5 Å². The molecule has 1 unspecified atom stereocenters. The van der Waals surface area contributed by atoms with Crippen molar-refractivity contribution in [3.8, 4) is 6.07 Å². The highest BCUT2D eigenvalue weighted by atomic mass is 32.2. The molecule has 0 saturated carbocycles. The Labute approximate surface area is 160 Å². The second-order valence-electron chi connectivity index (χ2n) is 6.17. The van der Waals surface area contributed by atoms with E-state index in [0.717, 1.165) is 6.42 Å². The average molecular weight is 384 g/mol. The van der Waals surface area contributed by atoms with Gasteiger partial charge in [0.2, 0.25) is 11.7 Å². The normalized spacial score (nSPS) is 12.2. The van der Waals surface area contributed by atoms with Gasteiger partial charge in [0, 0.05) is 19.0 Å². The van der Waals surface area contributed by atoms with Crippen LogP contribution in [-0.4, -0.2) is 36.9 Å². The molecule has 1 amide bonds. The number of aryl methyl sites for hydroxylation is 1. The van der Waals surface area contributed by atoms with E-state index in [9.17, 15) is 9.59 Å². The summed E-state index contributed by atoms with van der Waals surface area (Å²) in [5, 5.41) is 21.1. The number of carbonyl (C=O) groups is 1. The van der Waals surface area contributed by atoms with Crippen molar-refractivity contribution in [3.63, 3.8) is 0 Å². The van der Waals surface area contributed by atoms with Gasteiger partial charge in [-0.3, -0.25) is 18.6 Å². The number of aromatic nitrogens is 4. The zero-order chi connectivity index (χ0) is 19.4. The molecule has 1 aromatic carbocycles. The van der Waals surface area contributed by atoms with E-state index in [1.54, 1.807) is 16.5 Å². The third-order valence-corrected chi connectivity index (χ3v) is 5.12. The number of benzene rings is 1. The fourth-order valence-electron chi connectivity index (χ4n) is 2.79. The van der Waals surface area contributed by atoms with E-state index in [1.807, 2.05) is 26.0 Å². The Morgan fingerprint density at radius 3 is 2.89 bits per heavy atom. The van der Waals surface area contributed by atoms with Crippen LogP contribution < -0.4 is 10.9 Å². The van der Waals surface area contributed by atoms with Crippen LogP contribution in [0.1, 0.15) is 26.7 Å². The molecular formula is C18H20N6O2S. The van der Waals surface area contributed by atoms with Crippen molar-refractivity contribution in [2.75, 3.05) is 5.75 Å². The van der Waals surface area contributed by atoms with Gasteiger partial charge in [-0.05, 0) is 25.5 Å². The lowest BCUT2D eigenvalue weighted by atomic mass is 10.2. The topological polar surface area (TPSA) is 105 Å². The summed E-state index contributed by atoms with van der Waals surface area (Å²) in [7, 11) is 0. The van der Waals surface area contributed by atoms with Crippen LogP contribution in [0.2, 0.25) is 0 Å². The Hall–Kier alpha value is -2.86. The number of fused-ring (bicyclic) bond motifs is 3. The third kappa shape index (κ3) is 3.80. The van der Waals surface area contributed by atoms with Gasteiger partial charge in [-0.25, -0.2) is 0 Å². The highest BCUT2D eigenvalue weighted by Gasteiger charge is 2.17. The quantitative estimate of drug-likeness (QED) is 0.624. The Bertz CT molecular complexity index is 1080. The molecule has 140 valence electrons. The first-order chi connectivity index (χ1) is 13.1. The zero-order valence-electron chi connectivity index (χ0n) is 15.2. The second-order valence-corrected chi connectivity index (χ2v) is 7.11. The number of carbonyl (C=O) groups excluding carboxylic acids is 1. The number of para-hydroxylation sites is 1. The highest BCUT2D eigenvalue weighted by Crippen LogP contribution is 2.21. The van der Waals surface area contributed by atoms with Crippen molar-refractivity contribution in [3.05, 3.63) is 34.6 Å². The van der Waals surface area contributed by atoms with Crippen LogP contribution in [0.25, 0.3) is 16.7 Å². The van der Waals surface area contributed by atoms with Crippen LogP contribution in [0.15, 0.2) is 34.2 Å². The highest BCUT2D eigenvalue weighted by molar-refractivity contribution is 7.99. The predicted octanol–water partition coefficient (Wildman–Crippen LogP) is 1.96. The first-order valence-electron chi connectivity index (χ1n) is 8.72. The van der Waals surface area contributed by atoms with Crippen LogP contribution in [0.3, 0.4) is 0 Å². The first-order valence-corrected chi connectivity index (χ1v) is 9.71. The van der Waals surface area contributed by atoms with E-state index < -0.39 is 0 Å². The number of hydrogen-bond acceptors (Lipinski definition) is 6. The minimum absolute atomic E-state index is 0.0907. The van der Waals surface area contributed by atoms with E-state index in [-0.39, 0.29) is 36.2 Å². The molecular weight excluding hydrogens is 364 g/mol. The van der Waals surface area contributed by atoms with Crippen molar-refractivity contribution in [2.45, 2.75) is 44.4 Å². The molecule has 1 N–H and O–H groups in total. The van der Waals surface area contributed by atoms with E-state index in [0.29, 0.717) is 21.8 Å². The van der Waals surface area contributed by atoms with Crippen molar-refractivity contribution >= 4 is 34.3 Å². The largest absolute Gasteiger partial charge is 0.354 e. The smallest absolute Gasteiger partial charge is 0.262 e. The molecule has 0 bridgehead atoms. The van der Waals surface area contributed by atoms with Gasteiger partial charge in [0.05, 0.1) is 22.7 Å².